The van der Waals surface area contributed by atoms with Gasteiger partial charge in [-0.3, -0.25) is 0 Å². The molecule has 1 aromatic heterocycles. The number of aromatic nitrogens is 2. The molecule has 0 atom stereocenters. The molecule has 5 nitrogen and oxygen atoms in total. The molecule has 2 heterocycles. The van der Waals surface area contributed by atoms with E-state index >= 15 is 0 Å². The standard InChI is InChI=1S/C14H25N5/c1-5-18-8-10-19(11-9-18)13-15-7-6-12(16-13)17-14(2,3)4/h6-7H,5,8-11H2,1-4H3,(H,15,16,17). The third kappa shape index (κ3) is 4.06. The second-order valence-electron chi connectivity index (χ2n) is 6.04. The zero-order valence-corrected chi connectivity index (χ0v) is 12.5. The largest absolute Gasteiger partial charge is 0.365 e. The van der Waals surface area contributed by atoms with E-state index in [-0.39, 0.29) is 5.54 Å². The summed E-state index contributed by atoms with van der Waals surface area (Å²) in [6, 6.07) is 1.93. The van der Waals surface area contributed by atoms with E-state index in [4.69, 9.17) is 0 Å². The van der Waals surface area contributed by atoms with Crippen molar-refractivity contribution in [3.63, 3.8) is 0 Å². The van der Waals surface area contributed by atoms with Gasteiger partial charge in [0.05, 0.1) is 0 Å². The van der Waals surface area contributed by atoms with Crippen LogP contribution in [0.5, 0.6) is 0 Å². The fourth-order valence-electron chi connectivity index (χ4n) is 2.22. The Bertz CT molecular complexity index is 405. The van der Waals surface area contributed by atoms with Crippen molar-refractivity contribution in [2.45, 2.75) is 33.2 Å². The molecular formula is C14H25N5. The lowest BCUT2D eigenvalue weighted by atomic mass is 10.1. The summed E-state index contributed by atoms with van der Waals surface area (Å²) in [5.74, 6) is 1.74. The van der Waals surface area contributed by atoms with E-state index in [9.17, 15) is 0 Å². The van der Waals surface area contributed by atoms with Gasteiger partial charge < -0.3 is 15.1 Å². The monoisotopic (exact) mass is 263 g/mol. The topological polar surface area (TPSA) is 44.3 Å². The molecule has 0 amide bonds. The van der Waals surface area contributed by atoms with Gasteiger partial charge in [0.25, 0.3) is 0 Å². The quantitative estimate of drug-likeness (QED) is 0.901. The number of rotatable bonds is 3. The van der Waals surface area contributed by atoms with Crippen molar-refractivity contribution >= 4 is 11.8 Å². The molecule has 0 aromatic carbocycles. The van der Waals surface area contributed by atoms with Gasteiger partial charge in [-0.25, -0.2) is 4.98 Å². The van der Waals surface area contributed by atoms with Crippen LogP contribution in [-0.2, 0) is 0 Å². The third-order valence-electron chi connectivity index (χ3n) is 3.25. The number of piperazine rings is 1. The SMILES string of the molecule is CCN1CCN(c2nccc(NC(C)(C)C)n2)CC1. The second-order valence-corrected chi connectivity index (χ2v) is 6.04. The van der Waals surface area contributed by atoms with Crippen molar-refractivity contribution in [2.24, 2.45) is 0 Å². The lowest BCUT2D eigenvalue weighted by Gasteiger charge is -2.34. The molecule has 0 unspecified atom stereocenters. The molecule has 106 valence electrons. The first kappa shape index (κ1) is 14.1. The van der Waals surface area contributed by atoms with Gasteiger partial charge in [0.15, 0.2) is 0 Å². The lowest BCUT2D eigenvalue weighted by Crippen LogP contribution is -2.46. The summed E-state index contributed by atoms with van der Waals surface area (Å²) >= 11 is 0. The first-order chi connectivity index (χ1) is 8.98. The van der Waals surface area contributed by atoms with Crippen LogP contribution in [0.2, 0.25) is 0 Å². The average Bonchev–Trinajstić information content (AvgIpc) is 2.37. The van der Waals surface area contributed by atoms with Crippen LogP contribution in [0.3, 0.4) is 0 Å². The molecule has 0 aliphatic carbocycles. The predicted molar refractivity (Wildman–Crippen MR) is 79.7 cm³/mol. The highest BCUT2D eigenvalue weighted by Crippen LogP contribution is 2.16. The molecule has 0 saturated carbocycles. The van der Waals surface area contributed by atoms with Crippen LogP contribution in [0.4, 0.5) is 11.8 Å². The highest BCUT2D eigenvalue weighted by Gasteiger charge is 2.18. The van der Waals surface area contributed by atoms with E-state index in [1.807, 2.05) is 12.3 Å². The van der Waals surface area contributed by atoms with E-state index in [1.165, 1.54) is 0 Å². The Labute approximate surface area is 116 Å². The summed E-state index contributed by atoms with van der Waals surface area (Å²) in [7, 11) is 0. The minimum absolute atomic E-state index is 0.0204. The van der Waals surface area contributed by atoms with Gasteiger partial charge in [-0.15, -0.1) is 0 Å². The third-order valence-corrected chi connectivity index (χ3v) is 3.25. The van der Waals surface area contributed by atoms with E-state index in [2.05, 4.69) is 52.8 Å². The summed E-state index contributed by atoms with van der Waals surface area (Å²) < 4.78 is 0. The smallest absolute Gasteiger partial charge is 0.227 e. The van der Waals surface area contributed by atoms with Gasteiger partial charge in [0.1, 0.15) is 5.82 Å². The van der Waals surface area contributed by atoms with Gasteiger partial charge in [-0.1, -0.05) is 6.92 Å². The zero-order valence-electron chi connectivity index (χ0n) is 12.5. The molecule has 1 N–H and O–H groups in total. The minimum Gasteiger partial charge on any atom is -0.365 e. The Hall–Kier alpha value is -1.36. The van der Waals surface area contributed by atoms with Crippen molar-refractivity contribution in [1.82, 2.24) is 14.9 Å². The van der Waals surface area contributed by atoms with Crippen molar-refractivity contribution in [3.8, 4) is 0 Å². The normalized spacial score (nSPS) is 17.6. The fourth-order valence-corrected chi connectivity index (χ4v) is 2.22. The molecule has 1 fully saturated rings. The number of likely N-dealkylation sites (N-methyl/N-ethyl adjacent to an activating group) is 1. The summed E-state index contributed by atoms with van der Waals surface area (Å²) in [5.41, 5.74) is 0.0204. The maximum absolute atomic E-state index is 4.62. The molecule has 1 saturated heterocycles. The van der Waals surface area contributed by atoms with Gasteiger partial charge in [0, 0.05) is 37.9 Å². The minimum atomic E-state index is 0.0204. The Morgan fingerprint density at radius 1 is 1.21 bits per heavy atom. The average molecular weight is 263 g/mol. The van der Waals surface area contributed by atoms with Gasteiger partial charge in [-0.2, -0.15) is 4.98 Å². The number of hydrogen-bond acceptors (Lipinski definition) is 5. The van der Waals surface area contributed by atoms with Gasteiger partial charge in [-0.05, 0) is 33.4 Å². The molecule has 1 aliphatic rings. The van der Waals surface area contributed by atoms with Crippen molar-refractivity contribution in [2.75, 3.05) is 42.9 Å². The summed E-state index contributed by atoms with van der Waals surface area (Å²) in [5, 5.41) is 3.39. The van der Waals surface area contributed by atoms with Crippen LogP contribution < -0.4 is 10.2 Å². The van der Waals surface area contributed by atoms with Crippen LogP contribution in [0.25, 0.3) is 0 Å². The van der Waals surface area contributed by atoms with Gasteiger partial charge in [0.2, 0.25) is 5.95 Å². The molecular weight excluding hydrogens is 238 g/mol. The number of anilines is 2. The highest BCUT2D eigenvalue weighted by molar-refractivity contribution is 5.43. The van der Waals surface area contributed by atoms with Gasteiger partial charge >= 0.3 is 0 Å². The van der Waals surface area contributed by atoms with Crippen molar-refractivity contribution in [3.05, 3.63) is 12.3 Å². The summed E-state index contributed by atoms with van der Waals surface area (Å²) in [4.78, 5) is 13.7. The number of nitrogens with one attached hydrogen (secondary N) is 1. The summed E-state index contributed by atoms with van der Waals surface area (Å²) in [6.45, 7) is 13.9. The first-order valence-corrected chi connectivity index (χ1v) is 7.06. The molecule has 0 bridgehead atoms. The maximum Gasteiger partial charge on any atom is 0.227 e. The van der Waals surface area contributed by atoms with Crippen LogP contribution in [-0.4, -0.2) is 53.1 Å². The molecule has 5 heteroatoms. The number of hydrogen-bond donors (Lipinski definition) is 1. The van der Waals surface area contributed by atoms with Crippen LogP contribution >= 0.6 is 0 Å². The maximum atomic E-state index is 4.62. The fraction of sp³-hybridized carbons (Fsp3) is 0.714. The molecule has 0 radical (unpaired) electrons. The van der Waals surface area contributed by atoms with Crippen molar-refractivity contribution in [1.29, 1.82) is 0 Å². The highest BCUT2D eigenvalue weighted by atomic mass is 15.3. The van der Waals surface area contributed by atoms with E-state index < -0.39 is 0 Å². The first-order valence-electron chi connectivity index (χ1n) is 7.06. The van der Waals surface area contributed by atoms with E-state index in [0.717, 1.165) is 44.5 Å². The summed E-state index contributed by atoms with van der Waals surface area (Å²) in [6.07, 6.45) is 1.84. The van der Waals surface area contributed by atoms with Crippen LogP contribution in [0.1, 0.15) is 27.7 Å². The van der Waals surface area contributed by atoms with Crippen LogP contribution in [0, 0.1) is 0 Å². The zero-order chi connectivity index (χ0) is 13.9. The molecule has 19 heavy (non-hydrogen) atoms. The lowest BCUT2D eigenvalue weighted by molar-refractivity contribution is 0.270. The van der Waals surface area contributed by atoms with E-state index in [1.54, 1.807) is 0 Å². The Kier molecular flexibility index (Phi) is 4.24. The molecule has 2 rings (SSSR count). The molecule has 0 spiro atoms. The predicted octanol–water partition coefficient (Wildman–Crippen LogP) is 1.83. The van der Waals surface area contributed by atoms with Crippen molar-refractivity contribution < 1.29 is 0 Å². The Morgan fingerprint density at radius 3 is 2.47 bits per heavy atom. The molecule has 1 aliphatic heterocycles. The second kappa shape index (κ2) is 5.74. The number of nitrogens with zero attached hydrogens (tertiary/aromatic N) is 4. The van der Waals surface area contributed by atoms with Crippen LogP contribution in [0.15, 0.2) is 12.3 Å². The van der Waals surface area contributed by atoms with E-state index in [0.29, 0.717) is 0 Å². The Morgan fingerprint density at radius 2 is 1.89 bits per heavy atom. The Balaban J connectivity index is 2.03. The molecule has 1 aromatic rings.